The van der Waals surface area contributed by atoms with Gasteiger partial charge in [-0.15, -0.1) is 0 Å². The molecule has 25 heavy (non-hydrogen) atoms. The van der Waals surface area contributed by atoms with Crippen LogP contribution in [0.5, 0.6) is 0 Å². The van der Waals surface area contributed by atoms with E-state index in [2.05, 4.69) is 36.5 Å². The van der Waals surface area contributed by atoms with Gasteiger partial charge in [-0.25, -0.2) is 0 Å². The summed E-state index contributed by atoms with van der Waals surface area (Å²) < 4.78 is 0. The first-order chi connectivity index (χ1) is 12.0. The molecule has 0 fully saturated rings. The van der Waals surface area contributed by atoms with E-state index in [9.17, 15) is 9.59 Å². The van der Waals surface area contributed by atoms with Gasteiger partial charge in [0.1, 0.15) is 0 Å². The predicted octanol–water partition coefficient (Wildman–Crippen LogP) is 4.32. The fraction of sp³-hybridized carbons (Fsp3) is 0.333. The number of carbonyl (C=O) groups is 2. The van der Waals surface area contributed by atoms with Gasteiger partial charge in [-0.3, -0.25) is 9.59 Å². The van der Waals surface area contributed by atoms with Crippen LogP contribution in [-0.2, 0) is 10.5 Å². The van der Waals surface area contributed by atoms with Gasteiger partial charge < -0.3 is 5.32 Å². The summed E-state index contributed by atoms with van der Waals surface area (Å²) in [5.74, 6) is 1.77. The molecule has 0 radical (unpaired) electrons. The molecule has 3 nitrogen and oxygen atoms in total. The molecule has 0 saturated carbocycles. The van der Waals surface area contributed by atoms with Crippen molar-refractivity contribution in [3.8, 4) is 0 Å². The standard InChI is InChI=1S/C21H25NO2S/c1-16-3-7-18(8-4-16)15-25-14-13-22-21(24)12-11-20(23)19-9-5-17(2)6-10-19/h3-10H,11-15H2,1-2H3,(H,22,24). The van der Waals surface area contributed by atoms with Crippen LogP contribution in [-0.4, -0.2) is 24.0 Å². The number of Topliss-reactive ketones (excluding diaryl/α,β-unsaturated/α-hetero) is 1. The monoisotopic (exact) mass is 355 g/mol. The lowest BCUT2D eigenvalue weighted by molar-refractivity contribution is -0.120. The van der Waals surface area contributed by atoms with Crippen molar-refractivity contribution in [1.82, 2.24) is 5.32 Å². The largest absolute Gasteiger partial charge is 0.355 e. The predicted molar refractivity (Wildman–Crippen MR) is 105 cm³/mol. The lowest BCUT2D eigenvalue weighted by Gasteiger charge is -2.06. The summed E-state index contributed by atoms with van der Waals surface area (Å²) in [6, 6.07) is 16.0. The highest BCUT2D eigenvalue weighted by molar-refractivity contribution is 7.98. The van der Waals surface area contributed by atoms with Crippen molar-refractivity contribution < 1.29 is 9.59 Å². The van der Waals surface area contributed by atoms with Crippen LogP contribution in [0.25, 0.3) is 0 Å². The van der Waals surface area contributed by atoms with Crippen molar-refractivity contribution in [3.63, 3.8) is 0 Å². The third kappa shape index (κ3) is 7.14. The van der Waals surface area contributed by atoms with Gasteiger partial charge in [0.15, 0.2) is 5.78 Å². The van der Waals surface area contributed by atoms with E-state index in [0.717, 1.165) is 17.1 Å². The van der Waals surface area contributed by atoms with Crippen LogP contribution < -0.4 is 5.32 Å². The molecular formula is C21H25NO2S. The van der Waals surface area contributed by atoms with Gasteiger partial charge in [0.2, 0.25) is 5.91 Å². The van der Waals surface area contributed by atoms with E-state index in [-0.39, 0.29) is 24.5 Å². The van der Waals surface area contributed by atoms with E-state index in [0.29, 0.717) is 12.1 Å². The molecule has 0 saturated heterocycles. The van der Waals surface area contributed by atoms with Gasteiger partial charge in [-0.1, -0.05) is 59.7 Å². The Morgan fingerprint density at radius 3 is 2.12 bits per heavy atom. The van der Waals surface area contributed by atoms with Crippen molar-refractivity contribution in [2.45, 2.75) is 32.4 Å². The molecule has 0 unspecified atom stereocenters. The minimum absolute atomic E-state index is 0.0175. The molecule has 0 heterocycles. The summed E-state index contributed by atoms with van der Waals surface area (Å²) in [6.45, 7) is 4.70. The molecule has 0 aromatic heterocycles. The number of ketones is 1. The Balaban J connectivity index is 1.58. The first-order valence-corrected chi connectivity index (χ1v) is 9.70. The molecule has 0 aliphatic carbocycles. The first kappa shape index (κ1) is 19.3. The fourth-order valence-electron chi connectivity index (χ4n) is 2.34. The molecule has 2 rings (SSSR count). The van der Waals surface area contributed by atoms with Crippen molar-refractivity contribution in [3.05, 3.63) is 70.8 Å². The third-order valence-corrected chi connectivity index (χ3v) is 4.94. The van der Waals surface area contributed by atoms with Gasteiger partial charge in [-0.05, 0) is 19.4 Å². The number of nitrogens with one attached hydrogen (secondary N) is 1. The molecule has 0 atom stereocenters. The van der Waals surface area contributed by atoms with Crippen LogP contribution in [0.1, 0.15) is 39.9 Å². The smallest absolute Gasteiger partial charge is 0.220 e. The van der Waals surface area contributed by atoms with Crippen molar-refractivity contribution in [1.29, 1.82) is 0 Å². The highest BCUT2D eigenvalue weighted by Crippen LogP contribution is 2.12. The number of carbonyl (C=O) groups excluding carboxylic acids is 2. The molecule has 1 N–H and O–H groups in total. The van der Waals surface area contributed by atoms with Gasteiger partial charge in [-0.2, -0.15) is 11.8 Å². The summed E-state index contributed by atoms with van der Waals surface area (Å²) in [4.78, 5) is 23.9. The molecule has 2 aromatic rings. The summed E-state index contributed by atoms with van der Waals surface area (Å²) >= 11 is 1.80. The molecule has 0 aliphatic heterocycles. The maximum Gasteiger partial charge on any atom is 0.220 e. The minimum atomic E-state index is -0.0589. The Labute approximate surface area is 154 Å². The van der Waals surface area contributed by atoms with Crippen molar-refractivity contribution in [2.75, 3.05) is 12.3 Å². The summed E-state index contributed by atoms with van der Waals surface area (Å²) in [5, 5.41) is 2.88. The number of rotatable bonds is 9. The van der Waals surface area contributed by atoms with E-state index in [1.807, 2.05) is 31.2 Å². The summed E-state index contributed by atoms with van der Waals surface area (Å²) in [5.41, 5.74) is 4.36. The maximum atomic E-state index is 12.0. The average molecular weight is 356 g/mol. The highest BCUT2D eigenvalue weighted by atomic mass is 32.2. The van der Waals surface area contributed by atoms with Gasteiger partial charge in [0.05, 0.1) is 0 Å². The van der Waals surface area contributed by atoms with E-state index in [1.165, 1.54) is 11.1 Å². The lowest BCUT2D eigenvalue weighted by atomic mass is 10.1. The molecule has 1 amide bonds. The minimum Gasteiger partial charge on any atom is -0.355 e. The zero-order chi connectivity index (χ0) is 18.1. The van der Waals surface area contributed by atoms with Crippen LogP contribution in [0.15, 0.2) is 48.5 Å². The Kier molecular flexibility index (Phi) is 7.74. The second-order valence-electron chi connectivity index (χ2n) is 6.18. The van der Waals surface area contributed by atoms with Gasteiger partial charge in [0.25, 0.3) is 0 Å². The van der Waals surface area contributed by atoms with Crippen LogP contribution in [0, 0.1) is 13.8 Å². The number of hydrogen-bond acceptors (Lipinski definition) is 3. The zero-order valence-corrected chi connectivity index (χ0v) is 15.7. The Bertz CT molecular complexity index is 693. The quantitative estimate of drug-likeness (QED) is 0.538. The second kappa shape index (κ2) is 10.0. The number of hydrogen-bond donors (Lipinski definition) is 1. The highest BCUT2D eigenvalue weighted by Gasteiger charge is 2.08. The zero-order valence-electron chi connectivity index (χ0n) is 14.9. The molecule has 0 aliphatic rings. The summed E-state index contributed by atoms with van der Waals surface area (Å²) in [6.07, 6.45) is 0.501. The van der Waals surface area contributed by atoms with Crippen LogP contribution in [0.3, 0.4) is 0 Å². The van der Waals surface area contributed by atoms with Crippen molar-refractivity contribution in [2.24, 2.45) is 0 Å². The average Bonchev–Trinajstić information content (AvgIpc) is 2.61. The third-order valence-electron chi connectivity index (χ3n) is 3.91. The van der Waals surface area contributed by atoms with Crippen LogP contribution in [0.2, 0.25) is 0 Å². The normalized spacial score (nSPS) is 10.5. The first-order valence-electron chi connectivity index (χ1n) is 8.54. The van der Waals surface area contributed by atoms with E-state index in [4.69, 9.17) is 0 Å². The van der Waals surface area contributed by atoms with E-state index in [1.54, 1.807) is 11.8 Å². The second-order valence-corrected chi connectivity index (χ2v) is 7.28. The fourth-order valence-corrected chi connectivity index (χ4v) is 3.16. The lowest BCUT2D eigenvalue weighted by Crippen LogP contribution is -2.26. The number of thioether (sulfide) groups is 1. The maximum absolute atomic E-state index is 12.0. The topological polar surface area (TPSA) is 46.2 Å². The Hall–Kier alpha value is -2.07. The number of benzene rings is 2. The number of amides is 1. The van der Waals surface area contributed by atoms with E-state index < -0.39 is 0 Å². The SMILES string of the molecule is Cc1ccc(CSCCNC(=O)CCC(=O)c2ccc(C)cc2)cc1. The van der Waals surface area contributed by atoms with Crippen LogP contribution in [0.4, 0.5) is 0 Å². The summed E-state index contributed by atoms with van der Waals surface area (Å²) in [7, 11) is 0. The van der Waals surface area contributed by atoms with Crippen molar-refractivity contribution >= 4 is 23.5 Å². The molecule has 2 aromatic carbocycles. The molecular weight excluding hydrogens is 330 g/mol. The molecule has 132 valence electrons. The van der Waals surface area contributed by atoms with Crippen LogP contribution >= 0.6 is 11.8 Å². The molecule has 0 bridgehead atoms. The Morgan fingerprint density at radius 1 is 0.880 bits per heavy atom. The molecule has 0 spiro atoms. The van der Waals surface area contributed by atoms with E-state index >= 15 is 0 Å². The Morgan fingerprint density at radius 2 is 1.48 bits per heavy atom. The molecule has 4 heteroatoms. The van der Waals surface area contributed by atoms with Gasteiger partial charge >= 0.3 is 0 Å². The number of aryl methyl sites for hydroxylation is 2. The van der Waals surface area contributed by atoms with Gasteiger partial charge in [0, 0.05) is 36.5 Å².